The lowest BCUT2D eigenvalue weighted by Crippen LogP contribution is -2.45. The lowest BCUT2D eigenvalue weighted by molar-refractivity contribution is 0.0959. The topological polar surface area (TPSA) is 38.5 Å². The summed E-state index contributed by atoms with van der Waals surface area (Å²) in [5, 5.41) is 0. The van der Waals surface area contributed by atoms with E-state index in [4.69, 9.17) is 10.5 Å². The smallest absolute Gasteiger partial charge is 0.118 e. The van der Waals surface area contributed by atoms with E-state index in [1.54, 1.807) is 7.11 Å². The molecule has 1 aromatic carbocycles. The van der Waals surface area contributed by atoms with Crippen LogP contribution >= 0.6 is 0 Å². The van der Waals surface area contributed by atoms with Gasteiger partial charge in [0.2, 0.25) is 0 Å². The quantitative estimate of drug-likeness (QED) is 0.886. The Balaban J connectivity index is 2.17. The van der Waals surface area contributed by atoms with Crippen molar-refractivity contribution in [2.24, 2.45) is 5.73 Å². The molecular formula is C16H26N2O. The van der Waals surface area contributed by atoms with Crippen LogP contribution < -0.4 is 10.5 Å². The predicted molar refractivity (Wildman–Crippen MR) is 79.4 cm³/mol. The lowest BCUT2D eigenvalue weighted by atomic mass is 9.95. The Morgan fingerprint density at radius 1 is 1.32 bits per heavy atom. The molecule has 1 fully saturated rings. The number of benzene rings is 1. The number of hydrogen-bond acceptors (Lipinski definition) is 3. The highest BCUT2D eigenvalue weighted by atomic mass is 16.5. The van der Waals surface area contributed by atoms with Crippen LogP contribution in [0, 0.1) is 0 Å². The molecule has 1 aromatic rings. The fourth-order valence-corrected chi connectivity index (χ4v) is 3.17. The van der Waals surface area contributed by atoms with Crippen LogP contribution in [0.1, 0.15) is 44.2 Å². The van der Waals surface area contributed by atoms with Gasteiger partial charge in [-0.05, 0) is 43.5 Å². The molecule has 2 atom stereocenters. The third kappa shape index (κ3) is 3.28. The van der Waals surface area contributed by atoms with Gasteiger partial charge < -0.3 is 10.5 Å². The van der Waals surface area contributed by atoms with Crippen molar-refractivity contribution in [2.75, 3.05) is 20.2 Å². The minimum absolute atomic E-state index is 0.486. The van der Waals surface area contributed by atoms with Crippen molar-refractivity contribution < 1.29 is 4.74 Å². The molecule has 2 N–H and O–H groups in total. The Morgan fingerprint density at radius 3 is 2.63 bits per heavy atom. The molecule has 0 aromatic heterocycles. The summed E-state index contributed by atoms with van der Waals surface area (Å²) in [7, 11) is 1.71. The van der Waals surface area contributed by atoms with E-state index in [2.05, 4.69) is 36.1 Å². The van der Waals surface area contributed by atoms with Gasteiger partial charge in [0.25, 0.3) is 0 Å². The summed E-state index contributed by atoms with van der Waals surface area (Å²) in [6.45, 7) is 4.20. The first-order chi connectivity index (χ1) is 9.30. The first-order valence-corrected chi connectivity index (χ1v) is 7.40. The Hall–Kier alpha value is -1.06. The molecular weight excluding hydrogens is 236 g/mol. The normalized spacial score (nSPS) is 22.2. The molecule has 0 saturated carbocycles. The van der Waals surface area contributed by atoms with Crippen molar-refractivity contribution in [1.82, 2.24) is 4.90 Å². The first-order valence-electron chi connectivity index (χ1n) is 7.40. The second-order valence-electron chi connectivity index (χ2n) is 5.32. The average Bonchev–Trinajstić information content (AvgIpc) is 2.49. The van der Waals surface area contributed by atoms with Crippen molar-refractivity contribution in [3.05, 3.63) is 29.8 Å². The van der Waals surface area contributed by atoms with E-state index in [-0.39, 0.29) is 0 Å². The molecule has 1 saturated heterocycles. The summed E-state index contributed by atoms with van der Waals surface area (Å²) < 4.78 is 5.24. The monoisotopic (exact) mass is 262 g/mol. The third-order valence-corrected chi connectivity index (χ3v) is 4.23. The Kier molecular flexibility index (Phi) is 5.23. The maximum atomic E-state index is 5.95. The van der Waals surface area contributed by atoms with Crippen LogP contribution in [0.3, 0.4) is 0 Å². The maximum Gasteiger partial charge on any atom is 0.118 e. The molecule has 3 heteroatoms. The van der Waals surface area contributed by atoms with Crippen LogP contribution in [0.5, 0.6) is 5.75 Å². The highest BCUT2D eigenvalue weighted by Crippen LogP contribution is 2.31. The lowest BCUT2D eigenvalue weighted by Gasteiger charge is -2.40. The maximum absolute atomic E-state index is 5.95. The zero-order valence-electron chi connectivity index (χ0n) is 12.1. The van der Waals surface area contributed by atoms with E-state index < -0.39 is 0 Å². The van der Waals surface area contributed by atoms with Gasteiger partial charge in [-0.2, -0.15) is 0 Å². The van der Waals surface area contributed by atoms with Crippen LogP contribution in [0.25, 0.3) is 0 Å². The van der Waals surface area contributed by atoms with E-state index in [9.17, 15) is 0 Å². The summed E-state index contributed by atoms with van der Waals surface area (Å²) in [5.41, 5.74) is 7.33. The standard InChI is InChI=1S/C16H26N2O/c1-3-16(13-7-9-15(19-2)10-8-13)18-11-5-4-6-14(18)12-17/h7-10,14,16H,3-6,11-12,17H2,1-2H3. The third-order valence-electron chi connectivity index (χ3n) is 4.23. The van der Waals surface area contributed by atoms with Crippen molar-refractivity contribution in [3.8, 4) is 5.75 Å². The number of piperidine rings is 1. The van der Waals surface area contributed by atoms with Crippen LogP contribution in [0.2, 0.25) is 0 Å². The molecule has 0 spiro atoms. The van der Waals surface area contributed by atoms with Crippen LogP contribution in [-0.2, 0) is 0 Å². The molecule has 3 nitrogen and oxygen atoms in total. The fourth-order valence-electron chi connectivity index (χ4n) is 3.17. The number of methoxy groups -OCH3 is 1. The van der Waals surface area contributed by atoms with Gasteiger partial charge in [-0.25, -0.2) is 0 Å². The van der Waals surface area contributed by atoms with E-state index in [0.29, 0.717) is 12.1 Å². The molecule has 2 rings (SSSR count). The second-order valence-corrected chi connectivity index (χ2v) is 5.32. The minimum atomic E-state index is 0.486. The van der Waals surface area contributed by atoms with E-state index in [1.165, 1.54) is 31.4 Å². The summed E-state index contributed by atoms with van der Waals surface area (Å²) in [6, 6.07) is 9.52. The van der Waals surface area contributed by atoms with Gasteiger partial charge in [-0.15, -0.1) is 0 Å². The fraction of sp³-hybridized carbons (Fsp3) is 0.625. The van der Waals surface area contributed by atoms with Crippen LogP contribution in [0.15, 0.2) is 24.3 Å². The molecule has 1 aliphatic rings. The summed E-state index contributed by atoms with van der Waals surface area (Å²) in [4.78, 5) is 2.60. The highest BCUT2D eigenvalue weighted by Gasteiger charge is 2.27. The van der Waals surface area contributed by atoms with Gasteiger partial charge in [-0.1, -0.05) is 25.5 Å². The SMILES string of the molecule is CCC(c1ccc(OC)cc1)N1CCCCC1CN. The molecule has 1 aliphatic heterocycles. The molecule has 0 amide bonds. The van der Waals surface area contributed by atoms with Gasteiger partial charge in [0.15, 0.2) is 0 Å². The number of nitrogens with two attached hydrogens (primary N) is 1. The first kappa shape index (κ1) is 14.4. The summed E-state index contributed by atoms with van der Waals surface area (Å²) in [6.07, 6.45) is 4.98. The van der Waals surface area contributed by atoms with Gasteiger partial charge in [0.1, 0.15) is 5.75 Å². The number of rotatable bonds is 5. The average molecular weight is 262 g/mol. The number of hydrogen-bond donors (Lipinski definition) is 1. The number of ether oxygens (including phenoxy) is 1. The molecule has 2 unspecified atom stereocenters. The van der Waals surface area contributed by atoms with Crippen molar-refractivity contribution in [1.29, 1.82) is 0 Å². The van der Waals surface area contributed by atoms with Crippen molar-refractivity contribution >= 4 is 0 Å². The van der Waals surface area contributed by atoms with E-state index in [0.717, 1.165) is 18.7 Å². The van der Waals surface area contributed by atoms with Crippen LogP contribution in [-0.4, -0.2) is 31.1 Å². The Bertz CT molecular complexity index is 377. The molecule has 0 radical (unpaired) electrons. The molecule has 106 valence electrons. The van der Waals surface area contributed by atoms with Crippen LogP contribution in [0.4, 0.5) is 0 Å². The molecule has 0 bridgehead atoms. The largest absolute Gasteiger partial charge is 0.497 e. The Labute approximate surface area is 116 Å². The number of likely N-dealkylation sites (tertiary alicyclic amines) is 1. The molecule has 19 heavy (non-hydrogen) atoms. The predicted octanol–water partition coefficient (Wildman–Crippen LogP) is 2.96. The van der Waals surface area contributed by atoms with Gasteiger partial charge in [0.05, 0.1) is 7.11 Å². The van der Waals surface area contributed by atoms with Crippen molar-refractivity contribution in [3.63, 3.8) is 0 Å². The summed E-state index contributed by atoms with van der Waals surface area (Å²) in [5.74, 6) is 0.924. The zero-order valence-corrected chi connectivity index (χ0v) is 12.1. The van der Waals surface area contributed by atoms with Gasteiger partial charge in [0, 0.05) is 18.6 Å². The second kappa shape index (κ2) is 6.92. The van der Waals surface area contributed by atoms with Gasteiger partial charge in [-0.3, -0.25) is 4.90 Å². The minimum Gasteiger partial charge on any atom is -0.497 e. The Morgan fingerprint density at radius 2 is 2.05 bits per heavy atom. The highest BCUT2D eigenvalue weighted by molar-refractivity contribution is 5.29. The summed E-state index contributed by atoms with van der Waals surface area (Å²) >= 11 is 0. The zero-order chi connectivity index (χ0) is 13.7. The molecule has 0 aliphatic carbocycles. The number of nitrogens with zero attached hydrogens (tertiary/aromatic N) is 1. The van der Waals surface area contributed by atoms with Crippen molar-refractivity contribution in [2.45, 2.75) is 44.7 Å². The molecule has 1 heterocycles. The van der Waals surface area contributed by atoms with E-state index in [1.807, 2.05) is 0 Å². The van der Waals surface area contributed by atoms with E-state index >= 15 is 0 Å². The van der Waals surface area contributed by atoms with Gasteiger partial charge >= 0.3 is 0 Å².